The molecule has 0 unspecified atom stereocenters. The van der Waals surface area contributed by atoms with Gasteiger partial charge in [0.1, 0.15) is 6.79 Å². The van der Waals surface area contributed by atoms with Crippen LogP contribution in [-0.4, -0.2) is 31.7 Å². The van der Waals surface area contributed by atoms with Crippen molar-refractivity contribution in [3.63, 3.8) is 0 Å². The number of hydrogen-bond acceptors (Lipinski definition) is 3. The maximum atomic E-state index is 9.02. The minimum atomic E-state index is -0.451. The van der Waals surface area contributed by atoms with Crippen LogP contribution >= 0.6 is 0 Å². The molecular weight excluding hydrogens is 132 g/mol. The lowest BCUT2D eigenvalue weighted by Gasteiger charge is -2.07. The summed E-state index contributed by atoms with van der Waals surface area (Å²) in [5.41, 5.74) is 0. The van der Waals surface area contributed by atoms with Gasteiger partial charge in [-0.1, -0.05) is 6.08 Å². The molecule has 0 aliphatic carbocycles. The van der Waals surface area contributed by atoms with Crippen LogP contribution in [0, 0.1) is 0 Å². The number of rotatable bonds is 6. The van der Waals surface area contributed by atoms with E-state index in [-0.39, 0.29) is 6.79 Å². The predicted molar refractivity (Wildman–Crippen MR) is 38.6 cm³/mol. The summed E-state index contributed by atoms with van der Waals surface area (Å²) in [4.78, 5) is 0. The summed E-state index contributed by atoms with van der Waals surface area (Å²) in [6.45, 7) is 4.02. The lowest BCUT2D eigenvalue weighted by molar-refractivity contribution is -0.0605. The Morgan fingerprint density at radius 2 is 2.40 bits per heavy atom. The fraction of sp³-hybridized carbons (Fsp3) is 0.714. The number of aliphatic hydroxyl groups excluding tert-OH is 1. The summed E-state index contributed by atoms with van der Waals surface area (Å²) in [5, 5.41) is 9.02. The highest BCUT2D eigenvalue weighted by molar-refractivity contribution is 4.71. The van der Waals surface area contributed by atoms with E-state index in [9.17, 15) is 0 Å². The van der Waals surface area contributed by atoms with Crippen LogP contribution in [0.5, 0.6) is 0 Å². The topological polar surface area (TPSA) is 38.7 Å². The molecule has 0 heterocycles. The normalized spacial score (nSPS) is 13.0. The Hall–Kier alpha value is -0.380. The Balaban J connectivity index is 3.04. The molecule has 0 bridgehead atoms. The maximum Gasteiger partial charge on any atom is 0.146 e. The third kappa shape index (κ3) is 5.75. The van der Waals surface area contributed by atoms with Gasteiger partial charge in [-0.3, -0.25) is 0 Å². The van der Waals surface area contributed by atoms with Crippen molar-refractivity contribution in [3.05, 3.63) is 12.7 Å². The van der Waals surface area contributed by atoms with Gasteiger partial charge in [-0.05, 0) is 6.42 Å². The molecule has 0 spiro atoms. The summed E-state index contributed by atoms with van der Waals surface area (Å²) in [6.07, 6.45) is 1.76. The number of ether oxygens (including phenoxy) is 2. The molecule has 1 N–H and O–H groups in total. The molecule has 0 radical (unpaired) electrons. The van der Waals surface area contributed by atoms with Gasteiger partial charge < -0.3 is 14.6 Å². The van der Waals surface area contributed by atoms with Crippen LogP contribution in [0.2, 0.25) is 0 Å². The quantitative estimate of drug-likeness (QED) is 0.338. The van der Waals surface area contributed by atoms with E-state index in [2.05, 4.69) is 11.3 Å². The van der Waals surface area contributed by atoms with Crippen molar-refractivity contribution in [2.24, 2.45) is 0 Å². The maximum absolute atomic E-state index is 9.02. The molecule has 0 amide bonds. The van der Waals surface area contributed by atoms with Crippen LogP contribution in [0.25, 0.3) is 0 Å². The molecule has 3 heteroatoms. The molecule has 3 nitrogen and oxygen atoms in total. The number of aliphatic hydroxyl groups is 1. The first-order valence-corrected chi connectivity index (χ1v) is 3.17. The first kappa shape index (κ1) is 9.62. The molecule has 0 fully saturated rings. The summed E-state index contributed by atoms with van der Waals surface area (Å²) in [5.74, 6) is 0. The van der Waals surface area contributed by atoms with Crippen molar-refractivity contribution >= 4 is 0 Å². The lowest BCUT2D eigenvalue weighted by atomic mass is 10.3. The second kappa shape index (κ2) is 6.74. The van der Waals surface area contributed by atoms with Crippen LogP contribution in [0.3, 0.4) is 0 Å². The van der Waals surface area contributed by atoms with E-state index >= 15 is 0 Å². The molecule has 0 aromatic carbocycles. The molecule has 10 heavy (non-hydrogen) atoms. The number of methoxy groups -OCH3 is 1. The van der Waals surface area contributed by atoms with Gasteiger partial charge in [-0.25, -0.2) is 0 Å². The fourth-order valence-corrected chi connectivity index (χ4v) is 0.528. The Morgan fingerprint density at radius 3 is 2.90 bits per heavy atom. The largest absolute Gasteiger partial charge is 0.390 e. The summed E-state index contributed by atoms with van der Waals surface area (Å²) in [7, 11) is 1.54. The zero-order valence-corrected chi connectivity index (χ0v) is 6.25. The molecule has 0 aromatic heterocycles. The highest BCUT2D eigenvalue weighted by atomic mass is 16.7. The van der Waals surface area contributed by atoms with Gasteiger partial charge in [0.05, 0.1) is 12.7 Å². The molecule has 0 aliphatic rings. The predicted octanol–water partition coefficient (Wildman–Crippen LogP) is 0.544. The molecule has 0 saturated heterocycles. The zero-order valence-electron chi connectivity index (χ0n) is 6.25. The highest BCUT2D eigenvalue weighted by Gasteiger charge is 1.99. The van der Waals surface area contributed by atoms with Crippen molar-refractivity contribution in [1.82, 2.24) is 0 Å². The van der Waals surface area contributed by atoms with E-state index in [1.807, 2.05) is 0 Å². The monoisotopic (exact) mass is 146 g/mol. The van der Waals surface area contributed by atoms with Crippen LogP contribution in [0.4, 0.5) is 0 Å². The molecular formula is C7H14O3. The fourth-order valence-electron chi connectivity index (χ4n) is 0.528. The van der Waals surface area contributed by atoms with Gasteiger partial charge in [0.2, 0.25) is 0 Å². The zero-order chi connectivity index (χ0) is 7.82. The van der Waals surface area contributed by atoms with Crippen molar-refractivity contribution in [1.29, 1.82) is 0 Å². The van der Waals surface area contributed by atoms with Gasteiger partial charge >= 0.3 is 0 Å². The van der Waals surface area contributed by atoms with E-state index in [1.165, 1.54) is 0 Å². The van der Waals surface area contributed by atoms with Crippen molar-refractivity contribution in [3.8, 4) is 0 Å². The average Bonchev–Trinajstić information content (AvgIpc) is 1.89. The summed E-state index contributed by atoms with van der Waals surface area (Å²) in [6, 6.07) is 0. The van der Waals surface area contributed by atoms with Crippen LogP contribution < -0.4 is 0 Å². The van der Waals surface area contributed by atoms with Gasteiger partial charge in [-0.2, -0.15) is 0 Å². The Labute approximate surface area is 61.3 Å². The van der Waals surface area contributed by atoms with E-state index in [0.29, 0.717) is 13.0 Å². The van der Waals surface area contributed by atoms with E-state index in [4.69, 9.17) is 9.84 Å². The Kier molecular flexibility index (Phi) is 6.48. The van der Waals surface area contributed by atoms with Crippen LogP contribution in [0.1, 0.15) is 6.42 Å². The summed E-state index contributed by atoms with van der Waals surface area (Å²) >= 11 is 0. The third-order valence-electron chi connectivity index (χ3n) is 0.950. The lowest BCUT2D eigenvalue weighted by Crippen LogP contribution is -2.14. The highest BCUT2D eigenvalue weighted by Crippen LogP contribution is 1.92. The average molecular weight is 146 g/mol. The third-order valence-corrected chi connectivity index (χ3v) is 0.950. The molecule has 1 atom stereocenters. The second-order valence-electron chi connectivity index (χ2n) is 1.96. The van der Waals surface area contributed by atoms with E-state index in [0.717, 1.165) is 0 Å². The van der Waals surface area contributed by atoms with Crippen molar-refractivity contribution < 1.29 is 14.6 Å². The van der Waals surface area contributed by atoms with Gasteiger partial charge in [0.15, 0.2) is 0 Å². The van der Waals surface area contributed by atoms with Crippen molar-refractivity contribution in [2.75, 3.05) is 20.5 Å². The first-order valence-electron chi connectivity index (χ1n) is 3.17. The molecule has 60 valence electrons. The van der Waals surface area contributed by atoms with Gasteiger partial charge in [0, 0.05) is 7.11 Å². The molecule has 0 aromatic rings. The van der Waals surface area contributed by atoms with Crippen LogP contribution in [0.15, 0.2) is 12.7 Å². The smallest absolute Gasteiger partial charge is 0.146 e. The second-order valence-corrected chi connectivity index (χ2v) is 1.96. The molecule has 0 rings (SSSR count). The SMILES string of the molecule is C=CC[C@H](O)COCOC. The standard InChI is InChI=1S/C7H14O3/c1-3-4-7(8)5-10-6-9-2/h3,7-8H,1,4-6H2,2H3/t7-/m0/s1. The van der Waals surface area contributed by atoms with Gasteiger partial charge in [0.25, 0.3) is 0 Å². The van der Waals surface area contributed by atoms with E-state index in [1.54, 1.807) is 13.2 Å². The van der Waals surface area contributed by atoms with E-state index < -0.39 is 6.10 Å². The minimum Gasteiger partial charge on any atom is -0.390 e. The Bertz CT molecular complexity index is 82.9. The molecule has 0 aliphatic heterocycles. The van der Waals surface area contributed by atoms with Crippen LogP contribution in [-0.2, 0) is 9.47 Å². The summed E-state index contributed by atoms with van der Waals surface area (Å²) < 4.78 is 9.49. The van der Waals surface area contributed by atoms with Crippen molar-refractivity contribution in [2.45, 2.75) is 12.5 Å². The number of hydrogen-bond donors (Lipinski definition) is 1. The minimum absolute atomic E-state index is 0.230. The Morgan fingerprint density at radius 1 is 1.70 bits per heavy atom. The molecule has 0 saturated carbocycles. The van der Waals surface area contributed by atoms with Gasteiger partial charge in [-0.15, -0.1) is 6.58 Å². The first-order chi connectivity index (χ1) is 4.81.